The first-order valence-corrected chi connectivity index (χ1v) is 5.91. The molecule has 1 atom stereocenters. The molecule has 0 saturated heterocycles. The van der Waals surface area contributed by atoms with E-state index in [2.05, 4.69) is 5.32 Å². The summed E-state index contributed by atoms with van der Waals surface area (Å²) in [6, 6.07) is 1.36. The van der Waals surface area contributed by atoms with Gasteiger partial charge < -0.3 is 15.8 Å². The van der Waals surface area contributed by atoms with Crippen LogP contribution in [0.5, 0.6) is 0 Å². The molecule has 0 aliphatic rings. The van der Waals surface area contributed by atoms with Gasteiger partial charge >= 0.3 is 0 Å². The molecule has 0 saturated carbocycles. The van der Waals surface area contributed by atoms with Gasteiger partial charge in [-0.05, 0) is 12.0 Å². The van der Waals surface area contributed by atoms with Crippen molar-refractivity contribution in [1.29, 1.82) is 0 Å². The van der Waals surface area contributed by atoms with Gasteiger partial charge in [0.1, 0.15) is 0 Å². The lowest BCUT2D eigenvalue weighted by Crippen LogP contribution is -2.41. The second-order valence-corrected chi connectivity index (χ2v) is 4.63. The molecule has 1 rings (SSSR count). The van der Waals surface area contributed by atoms with Crippen molar-refractivity contribution in [1.82, 2.24) is 5.32 Å². The Morgan fingerprint density at radius 2 is 1.95 bits per heavy atom. The number of anilines is 1. The highest BCUT2D eigenvalue weighted by Crippen LogP contribution is 2.17. The molecule has 0 aliphatic carbocycles. The number of amides is 1. The summed E-state index contributed by atoms with van der Waals surface area (Å²) in [5, 5.41) is 2.69. The number of carbonyl (C=O) groups is 1. The van der Waals surface area contributed by atoms with Crippen LogP contribution in [0.2, 0.25) is 0 Å². The van der Waals surface area contributed by atoms with Crippen LogP contribution in [0.25, 0.3) is 0 Å². The number of rotatable bonds is 5. The fraction of sp³-hybridized carbons (Fsp3) is 0.462. The average Bonchev–Trinajstić information content (AvgIpc) is 2.32. The van der Waals surface area contributed by atoms with Crippen LogP contribution in [0.4, 0.5) is 14.5 Å². The number of nitrogens with one attached hydrogen (secondary N) is 1. The summed E-state index contributed by atoms with van der Waals surface area (Å²) in [6.45, 7) is 4.16. The summed E-state index contributed by atoms with van der Waals surface area (Å²) in [5.41, 5.74) is 5.33. The van der Waals surface area contributed by atoms with Crippen molar-refractivity contribution < 1.29 is 18.3 Å². The zero-order chi connectivity index (χ0) is 14.6. The van der Waals surface area contributed by atoms with Crippen molar-refractivity contribution in [3.8, 4) is 0 Å². The van der Waals surface area contributed by atoms with E-state index >= 15 is 0 Å². The molecule has 0 radical (unpaired) electrons. The van der Waals surface area contributed by atoms with Gasteiger partial charge in [-0.3, -0.25) is 4.79 Å². The number of ether oxygens (including phenoxy) is 1. The molecular formula is C13H18F2N2O2. The first kappa shape index (κ1) is 15.4. The molecular weight excluding hydrogens is 254 g/mol. The lowest BCUT2D eigenvalue weighted by Gasteiger charge is -2.22. The van der Waals surface area contributed by atoms with E-state index < -0.39 is 17.5 Å². The van der Waals surface area contributed by atoms with Crippen LogP contribution in [-0.2, 0) is 4.74 Å². The third-order valence-electron chi connectivity index (χ3n) is 2.80. The van der Waals surface area contributed by atoms with Gasteiger partial charge in [0.05, 0.1) is 18.2 Å². The maximum absolute atomic E-state index is 13.1. The molecule has 4 nitrogen and oxygen atoms in total. The first-order valence-electron chi connectivity index (χ1n) is 5.91. The van der Waals surface area contributed by atoms with E-state index in [-0.39, 0.29) is 23.2 Å². The van der Waals surface area contributed by atoms with Crippen LogP contribution >= 0.6 is 0 Å². The van der Waals surface area contributed by atoms with Gasteiger partial charge in [-0.2, -0.15) is 0 Å². The molecule has 1 aromatic carbocycles. The minimum atomic E-state index is -1.10. The Bertz CT molecular complexity index is 464. The predicted molar refractivity (Wildman–Crippen MR) is 68.7 cm³/mol. The summed E-state index contributed by atoms with van der Waals surface area (Å²) in [5.74, 6) is -2.60. The number of nitrogens with two attached hydrogens (primary N) is 1. The second kappa shape index (κ2) is 6.47. The quantitative estimate of drug-likeness (QED) is 0.805. The van der Waals surface area contributed by atoms with Crippen molar-refractivity contribution in [2.24, 2.45) is 5.92 Å². The topological polar surface area (TPSA) is 64.3 Å². The Kier molecular flexibility index (Phi) is 5.23. The van der Waals surface area contributed by atoms with Gasteiger partial charge in [0.25, 0.3) is 5.91 Å². The van der Waals surface area contributed by atoms with Crippen LogP contribution in [-0.4, -0.2) is 25.7 Å². The monoisotopic (exact) mass is 272 g/mol. The van der Waals surface area contributed by atoms with E-state index in [0.717, 1.165) is 12.1 Å². The number of hydrogen-bond donors (Lipinski definition) is 2. The molecule has 1 aromatic rings. The van der Waals surface area contributed by atoms with E-state index in [1.54, 1.807) is 0 Å². The van der Waals surface area contributed by atoms with E-state index in [0.29, 0.717) is 6.61 Å². The van der Waals surface area contributed by atoms with Gasteiger partial charge in [0.15, 0.2) is 11.6 Å². The first-order chi connectivity index (χ1) is 8.86. The SMILES string of the molecule is COCC(NC(=O)c1cc(F)c(F)cc1N)C(C)C. The molecule has 0 spiro atoms. The average molecular weight is 272 g/mol. The minimum absolute atomic E-state index is 0.0827. The number of benzene rings is 1. The molecule has 19 heavy (non-hydrogen) atoms. The Labute approximate surface area is 110 Å². The molecule has 6 heteroatoms. The smallest absolute Gasteiger partial charge is 0.253 e. The summed E-state index contributed by atoms with van der Waals surface area (Å²) in [6.07, 6.45) is 0. The Morgan fingerprint density at radius 1 is 1.37 bits per heavy atom. The molecule has 3 N–H and O–H groups in total. The maximum atomic E-state index is 13.1. The van der Waals surface area contributed by atoms with Crippen molar-refractivity contribution in [2.75, 3.05) is 19.5 Å². The normalized spacial score (nSPS) is 12.5. The largest absolute Gasteiger partial charge is 0.398 e. The Morgan fingerprint density at radius 3 is 2.47 bits per heavy atom. The maximum Gasteiger partial charge on any atom is 0.253 e. The lowest BCUT2D eigenvalue weighted by atomic mass is 10.0. The van der Waals surface area contributed by atoms with E-state index in [1.807, 2.05) is 13.8 Å². The Balaban J connectivity index is 2.91. The lowest BCUT2D eigenvalue weighted by molar-refractivity contribution is 0.0867. The number of hydrogen-bond acceptors (Lipinski definition) is 3. The van der Waals surface area contributed by atoms with Crippen LogP contribution in [0.3, 0.4) is 0 Å². The summed E-state index contributed by atoms with van der Waals surface area (Å²) in [4.78, 5) is 12.0. The van der Waals surface area contributed by atoms with Crippen molar-refractivity contribution >= 4 is 11.6 Å². The second-order valence-electron chi connectivity index (χ2n) is 4.63. The summed E-state index contributed by atoms with van der Waals surface area (Å²) in [7, 11) is 1.52. The highest BCUT2D eigenvalue weighted by molar-refractivity contribution is 5.99. The third kappa shape index (κ3) is 3.89. The molecule has 0 aromatic heterocycles. The zero-order valence-corrected chi connectivity index (χ0v) is 11.2. The van der Waals surface area contributed by atoms with Crippen molar-refractivity contribution in [3.05, 3.63) is 29.3 Å². The van der Waals surface area contributed by atoms with E-state index in [4.69, 9.17) is 10.5 Å². The molecule has 106 valence electrons. The fourth-order valence-corrected chi connectivity index (χ4v) is 1.59. The van der Waals surface area contributed by atoms with E-state index in [1.165, 1.54) is 7.11 Å². The molecule has 0 aliphatic heterocycles. The number of halogens is 2. The molecule has 1 amide bonds. The van der Waals surface area contributed by atoms with Gasteiger partial charge in [-0.15, -0.1) is 0 Å². The van der Waals surface area contributed by atoms with Crippen LogP contribution in [0.1, 0.15) is 24.2 Å². The number of nitrogen functional groups attached to an aromatic ring is 1. The number of carbonyl (C=O) groups excluding carboxylic acids is 1. The number of methoxy groups -OCH3 is 1. The van der Waals surface area contributed by atoms with Crippen LogP contribution in [0, 0.1) is 17.6 Å². The Hall–Kier alpha value is -1.69. The minimum Gasteiger partial charge on any atom is -0.398 e. The van der Waals surface area contributed by atoms with Gasteiger partial charge in [0.2, 0.25) is 0 Å². The predicted octanol–water partition coefficient (Wildman–Crippen LogP) is 1.95. The van der Waals surface area contributed by atoms with E-state index in [9.17, 15) is 13.6 Å². The molecule has 0 bridgehead atoms. The molecule has 0 heterocycles. The summed E-state index contributed by atoms with van der Waals surface area (Å²) < 4.78 is 31.1. The van der Waals surface area contributed by atoms with Gasteiger partial charge in [-0.1, -0.05) is 13.8 Å². The molecule has 1 unspecified atom stereocenters. The van der Waals surface area contributed by atoms with Gasteiger partial charge in [0, 0.05) is 18.9 Å². The van der Waals surface area contributed by atoms with Crippen molar-refractivity contribution in [3.63, 3.8) is 0 Å². The fourth-order valence-electron chi connectivity index (χ4n) is 1.59. The third-order valence-corrected chi connectivity index (χ3v) is 2.80. The van der Waals surface area contributed by atoms with Gasteiger partial charge in [-0.25, -0.2) is 8.78 Å². The van der Waals surface area contributed by atoms with Crippen LogP contribution < -0.4 is 11.1 Å². The molecule has 0 fully saturated rings. The highest BCUT2D eigenvalue weighted by atomic mass is 19.2. The highest BCUT2D eigenvalue weighted by Gasteiger charge is 2.20. The van der Waals surface area contributed by atoms with Crippen molar-refractivity contribution in [2.45, 2.75) is 19.9 Å². The zero-order valence-electron chi connectivity index (χ0n) is 11.2. The summed E-state index contributed by atoms with van der Waals surface area (Å²) >= 11 is 0. The standard InChI is InChI=1S/C13H18F2N2O2/c1-7(2)12(6-19-3)17-13(18)8-4-9(14)10(15)5-11(8)16/h4-5,7,12H,6,16H2,1-3H3,(H,17,18). The van der Waals surface area contributed by atoms with Crippen LogP contribution in [0.15, 0.2) is 12.1 Å².